The number of para-hydroxylation sites is 1. The van der Waals surface area contributed by atoms with Crippen molar-refractivity contribution in [3.63, 3.8) is 0 Å². The Bertz CT molecular complexity index is 630. The molecule has 3 rings (SSSR count). The zero-order valence-electron chi connectivity index (χ0n) is 13.3. The normalized spacial score (nSPS) is 16.1. The lowest BCUT2D eigenvalue weighted by Crippen LogP contribution is -2.34. The summed E-state index contributed by atoms with van der Waals surface area (Å²) in [6, 6.07) is 11.9. The summed E-state index contributed by atoms with van der Waals surface area (Å²) in [7, 11) is 1.61. The smallest absolute Gasteiger partial charge is 0.222 e. The Morgan fingerprint density at radius 1 is 1.25 bits per heavy atom. The van der Waals surface area contributed by atoms with Crippen molar-refractivity contribution in [2.24, 2.45) is 0 Å². The third-order valence-electron chi connectivity index (χ3n) is 3.66. The topological polar surface area (TPSA) is 63.2 Å². The van der Waals surface area contributed by atoms with Crippen LogP contribution < -0.4 is 20.0 Å². The first-order valence-corrected chi connectivity index (χ1v) is 9.26. The summed E-state index contributed by atoms with van der Waals surface area (Å²) < 4.78 is 13.5. The second-order valence-electron chi connectivity index (χ2n) is 5.27. The number of hydrogen-bond acceptors (Lipinski definition) is 8. The summed E-state index contributed by atoms with van der Waals surface area (Å²) in [5.74, 6) is 0.927. The Morgan fingerprint density at radius 3 is 2.67 bits per heavy atom. The highest BCUT2D eigenvalue weighted by molar-refractivity contribution is 7.97. The van der Waals surface area contributed by atoms with E-state index in [1.165, 1.54) is 11.3 Å². The van der Waals surface area contributed by atoms with Crippen molar-refractivity contribution in [1.82, 2.24) is 9.95 Å². The van der Waals surface area contributed by atoms with E-state index in [0.717, 1.165) is 41.6 Å². The van der Waals surface area contributed by atoms with Gasteiger partial charge in [-0.1, -0.05) is 29.5 Å². The number of methoxy groups -OCH3 is 1. The van der Waals surface area contributed by atoms with Gasteiger partial charge in [0, 0.05) is 19.2 Å². The fourth-order valence-corrected chi connectivity index (χ4v) is 4.43. The summed E-state index contributed by atoms with van der Waals surface area (Å²) in [5, 5.41) is 10.1. The van der Waals surface area contributed by atoms with Crippen LogP contribution in [0, 0.1) is 0 Å². The highest BCUT2D eigenvalue weighted by Gasteiger charge is 2.23. The summed E-state index contributed by atoms with van der Waals surface area (Å²) in [6.45, 7) is 1.85. The number of piperidine rings is 1. The van der Waals surface area contributed by atoms with Gasteiger partial charge in [-0.2, -0.15) is 0 Å². The second kappa shape index (κ2) is 8.59. The fourth-order valence-electron chi connectivity index (χ4n) is 2.49. The number of nitrogens with one attached hydrogen (secondary N) is 1. The summed E-state index contributed by atoms with van der Waals surface area (Å²) in [6.07, 6.45) is 2.19. The number of ether oxygens (including phenoxy) is 2. The molecule has 0 aliphatic carbocycles. The average Bonchev–Trinajstić information content (AvgIpc) is 3.00. The molecule has 1 aromatic heterocycles. The van der Waals surface area contributed by atoms with Crippen LogP contribution in [-0.2, 0) is 0 Å². The minimum Gasteiger partial charge on any atom is -0.490 e. The number of hydrogen-bond donors (Lipinski definition) is 2. The predicted octanol–water partition coefficient (Wildman–Crippen LogP) is 3.58. The van der Waals surface area contributed by atoms with Crippen LogP contribution in [0.5, 0.6) is 15.9 Å². The van der Waals surface area contributed by atoms with Crippen molar-refractivity contribution < 1.29 is 19.5 Å². The van der Waals surface area contributed by atoms with Gasteiger partial charge < -0.3 is 14.3 Å². The highest BCUT2D eigenvalue weighted by Crippen LogP contribution is 2.43. The summed E-state index contributed by atoms with van der Waals surface area (Å²) in [5.41, 5.74) is 1.74. The number of rotatable bonds is 7. The molecule has 0 radical (unpaired) electrons. The molecule has 6 nitrogen and oxygen atoms in total. The van der Waals surface area contributed by atoms with Crippen molar-refractivity contribution in [3.05, 3.63) is 36.4 Å². The minimum absolute atomic E-state index is 0.246. The Balaban J connectivity index is 1.53. The molecule has 2 aromatic rings. The van der Waals surface area contributed by atoms with E-state index in [4.69, 9.17) is 19.5 Å². The molecular formula is C16H20N2O4S2. The predicted molar refractivity (Wildman–Crippen MR) is 93.9 cm³/mol. The Morgan fingerprint density at radius 2 is 2.00 bits per heavy atom. The van der Waals surface area contributed by atoms with Crippen LogP contribution in [0.1, 0.15) is 12.8 Å². The molecule has 1 aliphatic heterocycles. The lowest BCUT2D eigenvalue weighted by atomic mass is 10.1. The molecule has 130 valence electrons. The van der Waals surface area contributed by atoms with Crippen molar-refractivity contribution in [1.29, 1.82) is 0 Å². The van der Waals surface area contributed by atoms with Crippen molar-refractivity contribution in [3.8, 4) is 15.9 Å². The lowest BCUT2D eigenvalue weighted by molar-refractivity contribution is -0.0425. The number of benzene rings is 1. The summed E-state index contributed by atoms with van der Waals surface area (Å²) in [4.78, 5) is 5.95. The van der Waals surface area contributed by atoms with Crippen LogP contribution in [0.4, 0.5) is 0 Å². The average molecular weight is 368 g/mol. The van der Waals surface area contributed by atoms with Crippen molar-refractivity contribution in [2.75, 3.05) is 20.2 Å². The van der Waals surface area contributed by atoms with Crippen molar-refractivity contribution in [2.45, 2.75) is 23.8 Å². The van der Waals surface area contributed by atoms with Gasteiger partial charge in [-0.25, -0.2) is 4.31 Å². The minimum atomic E-state index is 0.246. The van der Waals surface area contributed by atoms with Crippen LogP contribution in [0.2, 0.25) is 0 Å². The molecule has 24 heavy (non-hydrogen) atoms. The summed E-state index contributed by atoms with van der Waals surface area (Å²) >= 11 is 2.94. The maximum absolute atomic E-state index is 8.76. The van der Waals surface area contributed by atoms with E-state index in [1.807, 2.05) is 36.4 Å². The first-order valence-electron chi connectivity index (χ1n) is 7.67. The molecule has 0 bridgehead atoms. The van der Waals surface area contributed by atoms with E-state index >= 15 is 0 Å². The monoisotopic (exact) mass is 368 g/mol. The zero-order chi connectivity index (χ0) is 16.8. The van der Waals surface area contributed by atoms with E-state index in [9.17, 15) is 0 Å². The second-order valence-corrected chi connectivity index (χ2v) is 7.38. The molecular weight excluding hydrogens is 348 g/mol. The standard InChI is InChI=1S/C16H20N2O4S2/c1-20-15-11-14(16(23-15)22-17-19)24-18-9-7-13(8-10-18)21-12-5-3-2-4-6-12/h2-6,11,13,17,19H,7-10H2,1H3. The van der Waals surface area contributed by atoms with E-state index < -0.39 is 0 Å². The first-order chi connectivity index (χ1) is 11.8. The molecule has 0 spiro atoms. The Hall–Kier alpha value is -1.45. The largest absolute Gasteiger partial charge is 0.490 e. The molecule has 1 fully saturated rings. The number of thiophene rings is 1. The number of nitrogens with zero attached hydrogens (tertiary/aromatic N) is 1. The van der Waals surface area contributed by atoms with Gasteiger partial charge in [-0.15, -0.1) is 0 Å². The molecule has 0 saturated carbocycles. The molecule has 8 heteroatoms. The third kappa shape index (κ3) is 4.55. The van der Waals surface area contributed by atoms with Crippen LogP contribution in [0.25, 0.3) is 0 Å². The SMILES string of the molecule is COc1cc(SN2CCC(Oc3ccccc3)CC2)c(ONO)s1. The lowest BCUT2D eigenvalue weighted by Gasteiger charge is -2.31. The quantitative estimate of drug-likeness (QED) is 0.572. The molecule has 0 unspecified atom stereocenters. The molecule has 1 aliphatic rings. The van der Waals surface area contributed by atoms with E-state index in [-0.39, 0.29) is 6.10 Å². The Labute approximate surface area is 149 Å². The maximum atomic E-state index is 8.76. The van der Waals surface area contributed by atoms with Gasteiger partial charge in [0.15, 0.2) is 5.06 Å². The van der Waals surface area contributed by atoms with E-state index in [2.05, 4.69) is 4.31 Å². The highest BCUT2D eigenvalue weighted by atomic mass is 32.2. The zero-order valence-corrected chi connectivity index (χ0v) is 14.9. The van der Waals surface area contributed by atoms with Gasteiger partial charge in [0.05, 0.1) is 12.0 Å². The van der Waals surface area contributed by atoms with Crippen LogP contribution >= 0.6 is 23.3 Å². The van der Waals surface area contributed by atoms with Gasteiger partial charge >= 0.3 is 0 Å². The van der Waals surface area contributed by atoms with E-state index in [0.29, 0.717) is 5.06 Å². The van der Waals surface area contributed by atoms with Gasteiger partial charge in [-0.05, 0) is 42.6 Å². The fraction of sp³-hybridized carbons (Fsp3) is 0.375. The van der Waals surface area contributed by atoms with Crippen LogP contribution in [0.3, 0.4) is 0 Å². The molecule has 1 saturated heterocycles. The van der Waals surface area contributed by atoms with Gasteiger partial charge in [0.25, 0.3) is 0 Å². The third-order valence-corrected chi connectivity index (χ3v) is 5.88. The van der Waals surface area contributed by atoms with Crippen LogP contribution in [-0.4, -0.2) is 35.8 Å². The molecule has 2 heterocycles. The van der Waals surface area contributed by atoms with Crippen molar-refractivity contribution >= 4 is 23.3 Å². The Kier molecular flexibility index (Phi) is 6.22. The first kappa shape index (κ1) is 17.4. The molecule has 2 N–H and O–H groups in total. The van der Waals surface area contributed by atoms with Gasteiger partial charge in [0.1, 0.15) is 11.9 Å². The van der Waals surface area contributed by atoms with E-state index in [1.54, 1.807) is 24.7 Å². The molecule has 0 atom stereocenters. The maximum Gasteiger partial charge on any atom is 0.222 e. The van der Waals surface area contributed by atoms with Gasteiger partial charge in [0.2, 0.25) is 5.06 Å². The molecule has 0 amide bonds. The van der Waals surface area contributed by atoms with Gasteiger partial charge in [-0.3, -0.25) is 5.21 Å². The van der Waals surface area contributed by atoms with Crippen LogP contribution in [0.15, 0.2) is 41.3 Å². The molecule has 1 aromatic carbocycles.